The highest BCUT2D eigenvalue weighted by Gasteiger charge is 2.30. The lowest BCUT2D eigenvalue weighted by atomic mass is 10.0. The van der Waals surface area contributed by atoms with Crippen LogP contribution in [-0.2, 0) is 11.2 Å². The van der Waals surface area contributed by atoms with Crippen LogP contribution in [0.2, 0.25) is 0 Å². The van der Waals surface area contributed by atoms with Gasteiger partial charge < -0.3 is 4.74 Å². The Labute approximate surface area is 112 Å². The lowest BCUT2D eigenvalue weighted by Crippen LogP contribution is -2.35. The van der Waals surface area contributed by atoms with Crippen molar-refractivity contribution in [3.8, 4) is 0 Å². The normalized spacial score (nSPS) is 14.2. The number of rotatable bonds is 1. The third kappa shape index (κ3) is 2.78. The van der Waals surface area contributed by atoms with E-state index in [-0.39, 0.29) is 5.82 Å². The van der Waals surface area contributed by atoms with Gasteiger partial charge >= 0.3 is 6.09 Å². The van der Waals surface area contributed by atoms with E-state index in [0.717, 1.165) is 11.1 Å². The molecule has 1 amide bonds. The topological polar surface area (TPSA) is 29.5 Å². The molecule has 0 N–H and O–H groups in total. The van der Waals surface area contributed by atoms with E-state index in [1.165, 1.54) is 17.0 Å². The maximum absolute atomic E-state index is 13.6. The number of carbonyl (C=O) groups excluding carboxylic acids is 1. The van der Waals surface area contributed by atoms with E-state index in [9.17, 15) is 9.18 Å². The van der Waals surface area contributed by atoms with Crippen molar-refractivity contribution in [2.45, 2.75) is 32.8 Å². The predicted molar refractivity (Wildman–Crippen MR) is 73.8 cm³/mol. The molecule has 0 spiro atoms. The van der Waals surface area contributed by atoms with E-state index >= 15 is 0 Å². The van der Waals surface area contributed by atoms with Gasteiger partial charge in [0.15, 0.2) is 0 Å². The second-order valence-electron chi connectivity index (χ2n) is 5.58. The number of hydrogen-bond donors (Lipinski definition) is 0. The van der Waals surface area contributed by atoms with E-state index in [2.05, 4.69) is 6.58 Å². The van der Waals surface area contributed by atoms with E-state index in [1.807, 2.05) is 20.8 Å². The largest absolute Gasteiger partial charge is 0.443 e. The number of halogens is 1. The van der Waals surface area contributed by atoms with Gasteiger partial charge in [-0.3, -0.25) is 4.90 Å². The molecule has 1 heterocycles. The maximum Gasteiger partial charge on any atom is 0.414 e. The summed E-state index contributed by atoms with van der Waals surface area (Å²) in [5.41, 5.74) is 1.71. The summed E-state index contributed by atoms with van der Waals surface area (Å²) in [5, 5.41) is 0. The Morgan fingerprint density at radius 1 is 1.47 bits per heavy atom. The molecule has 1 aliphatic heterocycles. The Hall–Kier alpha value is -1.84. The van der Waals surface area contributed by atoms with Crippen molar-refractivity contribution in [1.82, 2.24) is 0 Å². The molecule has 19 heavy (non-hydrogen) atoms. The molecule has 0 atom stereocenters. The molecule has 0 radical (unpaired) electrons. The van der Waals surface area contributed by atoms with Crippen LogP contribution in [0.5, 0.6) is 0 Å². The Bertz CT molecular complexity index is 532. The van der Waals surface area contributed by atoms with Gasteiger partial charge in [-0.2, -0.15) is 0 Å². The van der Waals surface area contributed by atoms with Crippen molar-refractivity contribution in [1.29, 1.82) is 0 Å². The van der Waals surface area contributed by atoms with Crippen LogP contribution in [0, 0.1) is 5.82 Å². The second-order valence-corrected chi connectivity index (χ2v) is 5.58. The summed E-state index contributed by atoms with van der Waals surface area (Å²) in [4.78, 5) is 13.6. The molecule has 0 aromatic heterocycles. The van der Waals surface area contributed by atoms with Crippen LogP contribution in [-0.4, -0.2) is 18.2 Å². The van der Waals surface area contributed by atoms with Crippen molar-refractivity contribution in [3.63, 3.8) is 0 Å². The van der Waals surface area contributed by atoms with Gasteiger partial charge in [0.25, 0.3) is 0 Å². The summed E-state index contributed by atoms with van der Waals surface area (Å²) in [5.74, 6) is -0.371. The Morgan fingerprint density at radius 3 is 2.74 bits per heavy atom. The first-order valence-corrected chi connectivity index (χ1v) is 6.27. The van der Waals surface area contributed by atoms with Crippen molar-refractivity contribution >= 4 is 17.9 Å². The molecular formula is C15H18FNO2. The monoisotopic (exact) mass is 263 g/mol. The van der Waals surface area contributed by atoms with Crippen LogP contribution >= 0.6 is 0 Å². The van der Waals surface area contributed by atoms with Gasteiger partial charge in [-0.1, -0.05) is 12.7 Å². The van der Waals surface area contributed by atoms with Gasteiger partial charge in [-0.25, -0.2) is 9.18 Å². The summed E-state index contributed by atoms with van der Waals surface area (Å²) in [6, 6.07) is 2.81. The minimum absolute atomic E-state index is 0.371. The molecule has 0 bridgehead atoms. The molecule has 4 heteroatoms. The van der Waals surface area contributed by atoms with E-state index in [1.54, 1.807) is 6.08 Å². The van der Waals surface area contributed by atoms with Crippen LogP contribution in [0.1, 0.15) is 31.9 Å². The first-order chi connectivity index (χ1) is 8.81. The smallest absolute Gasteiger partial charge is 0.414 e. The fourth-order valence-electron chi connectivity index (χ4n) is 2.19. The van der Waals surface area contributed by atoms with Crippen molar-refractivity contribution < 1.29 is 13.9 Å². The van der Waals surface area contributed by atoms with Gasteiger partial charge in [-0.15, -0.1) is 0 Å². The van der Waals surface area contributed by atoms with Crippen molar-refractivity contribution in [2.24, 2.45) is 0 Å². The molecule has 0 fully saturated rings. The predicted octanol–water partition coefficient (Wildman–Crippen LogP) is 3.77. The second kappa shape index (κ2) is 4.68. The Kier molecular flexibility index (Phi) is 3.35. The van der Waals surface area contributed by atoms with Crippen LogP contribution < -0.4 is 4.90 Å². The minimum Gasteiger partial charge on any atom is -0.443 e. The molecule has 2 rings (SSSR count). The van der Waals surface area contributed by atoms with Crippen molar-refractivity contribution in [3.05, 3.63) is 35.7 Å². The summed E-state index contributed by atoms with van der Waals surface area (Å²) >= 11 is 0. The average Bonchev–Trinajstić information content (AvgIpc) is 2.69. The van der Waals surface area contributed by atoms with Gasteiger partial charge in [0.2, 0.25) is 0 Å². The highest BCUT2D eigenvalue weighted by atomic mass is 19.1. The van der Waals surface area contributed by atoms with E-state index < -0.39 is 11.7 Å². The third-order valence-corrected chi connectivity index (χ3v) is 2.94. The zero-order valence-electron chi connectivity index (χ0n) is 11.5. The van der Waals surface area contributed by atoms with Gasteiger partial charge in [-0.05, 0) is 50.5 Å². The molecule has 0 aliphatic carbocycles. The lowest BCUT2D eigenvalue weighted by molar-refractivity contribution is 0.0584. The number of nitrogens with zero attached hydrogens (tertiary/aromatic N) is 1. The molecule has 1 aromatic carbocycles. The highest BCUT2D eigenvalue weighted by molar-refractivity contribution is 5.91. The molecule has 102 valence electrons. The number of carbonyl (C=O) groups is 1. The minimum atomic E-state index is -0.561. The van der Waals surface area contributed by atoms with Crippen LogP contribution in [0.15, 0.2) is 18.7 Å². The number of hydrogen-bond acceptors (Lipinski definition) is 2. The zero-order chi connectivity index (χ0) is 14.2. The Morgan fingerprint density at radius 2 is 2.16 bits per heavy atom. The first-order valence-electron chi connectivity index (χ1n) is 6.27. The highest BCUT2D eigenvalue weighted by Crippen LogP contribution is 2.33. The maximum atomic E-state index is 13.6. The summed E-state index contributed by atoms with van der Waals surface area (Å²) in [6.07, 6.45) is 1.86. The average molecular weight is 263 g/mol. The summed E-state index contributed by atoms with van der Waals surface area (Å²) in [7, 11) is 0. The Balaban J connectivity index is 2.34. The number of fused-ring (bicyclic) bond motifs is 1. The number of benzene rings is 1. The van der Waals surface area contributed by atoms with Gasteiger partial charge in [0, 0.05) is 6.54 Å². The quantitative estimate of drug-likeness (QED) is 0.772. The standard InChI is InChI=1S/C15H18FNO2/c1-5-10-8-11(16)9-13-12(10)6-7-17(13)14(18)19-15(2,3)4/h5,8-9H,1,6-7H2,2-4H3. The zero-order valence-corrected chi connectivity index (χ0v) is 11.5. The van der Waals surface area contributed by atoms with Crippen LogP contribution in [0.4, 0.5) is 14.9 Å². The number of amides is 1. The molecule has 1 aliphatic rings. The molecular weight excluding hydrogens is 245 g/mol. The SMILES string of the molecule is C=Cc1cc(F)cc2c1CCN2C(=O)OC(C)(C)C. The molecule has 1 aromatic rings. The van der Waals surface area contributed by atoms with Gasteiger partial charge in [0.1, 0.15) is 11.4 Å². The van der Waals surface area contributed by atoms with Crippen LogP contribution in [0.3, 0.4) is 0 Å². The molecule has 3 nitrogen and oxygen atoms in total. The van der Waals surface area contributed by atoms with Crippen molar-refractivity contribution in [2.75, 3.05) is 11.4 Å². The third-order valence-electron chi connectivity index (χ3n) is 2.94. The van der Waals surface area contributed by atoms with E-state index in [4.69, 9.17) is 4.74 Å². The summed E-state index contributed by atoms with van der Waals surface area (Å²) in [6.45, 7) is 9.61. The summed E-state index contributed by atoms with van der Waals surface area (Å²) < 4.78 is 18.9. The molecule has 0 saturated carbocycles. The lowest BCUT2D eigenvalue weighted by Gasteiger charge is -2.24. The number of anilines is 1. The first kappa shape index (κ1) is 13.6. The number of ether oxygens (including phenoxy) is 1. The van der Waals surface area contributed by atoms with Crippen LogP contribution in [0.25, 0.3) is 6.08 Å². The van der Waals surface area contributed by atoms with Gasteiger partial charge in [0.05, 0.1) is 5.69 Å². The molecule has 0 unspecified atom stereocenters. The fraction of sp³-hybridized carbons (Fsp3) is 0.400. The molecule has 0 saturated heterocycles. The van der Waals surface area contributed by atoms with E-state index in [0.29, 0.717) is 18.7 Å². The fourth-order valence-corrected chi connectivity index (χ4v) is 2.19.